The van der Waals surface area contributed by atoms with Crippen LogP contribution in [0.2, 0.25) is 0 Å². The van der Waals surface area contributed by atoms with E-state index in [2.05, 4.69) is 5.32 Å². The molecule has 0 radical (unpaired) electrons. The van der Waals surface area contributed by atoms with Crippen molar-refractivity contribution in [2.75, 3.05) is 18.5 Å². The van der Waals surface area contributed by atoms with Crippen LogP contribution in [-0.2, 0) is 9.53 Å². The fourth-order valence-electron chi connectivity index (χ4n) is 1.71. The number of nitrogens with one attached hydrogen (secondary N) is 1. The maximum Gasteiger partial charge on any atom is 0.331 e. The van der Waals surface area contributed by atoms with Gasteiger partial charge < -0.3 is 15.2 Å². The van der Waals surface area contributed by atoms with Crippen LogP contribution in [0.4, 0.5) is 10.1 Å². The molecule has 0 bridgehead atoms. The van der Waals surface area contributed by atoms with Crippen molar-refractivity contribution >= 4 is 11.7 Å². The monoisotopic (exact) mass is 225 g/mol. The van der Waals surface area contributed by atoms with Gasteiger partial charge in [0.05, 0.1) is 12.3 Å². The highest BCUT2D eigenvalue weighted by molar-refractivity contribution is 5.83. The van der Waals surface area contributed by atoms with Crippen LogP contribution in [0.5, 0.6) is 0 Å². The Morgan fingerprint density at radius 1 is 1.50 bits per heavy atom. The number of carbonyl (C=O) groups is 1. The van der Waals surface area contributed by atoms with Crippen molar-refractivity contribution in [2.24, 2.45) is 0 Å². The fourth-order valence-corrected chi connectivity index (χ4v) is 1.71. The van der Waals surface area contributed by atoms with Crippen molar-refractivity contribution in [1.29, 1.82) is 0 Å². The first-order chi connectivity index (χ1) is 7.64. The Morgan fingerprint density at radius 3 is 2.81 bits per heavy atom. The summed E-state index contributed by atoms with van der Waals surface area (Å²) in [5.41, 5.74) is -1.02. The van der Waals surface area contributed by atoms with Crippen molar-refractivity contribution < 1.29 is 19.0 Å². The summed E-state index contributed by atoms with van der Waals surface area (Å²) in [6.45, 7) is 0.421. The molecule has 1 fully saturated rings. The predicted octanol–water partition coefficient (Wildman–Crippen LogP) is 1.48. The van der Waals surface area contributed by atoms with E-state index in [-0.39, 0.29) is 12.3 Å². The Labute approximate surface area is 92.0 Å². The minimum atomic E-state index is -1.21. The standard InChI is InChI=1S/C11H12FNO3/c12-8-3-1-2-4-9(8)13-11(10(14)15)5-6-16-7-11/h1-4,13H,5-7H2,(H,14,15). The quantitative estimate of drug-likeness (QED) is 0.818. The molecule has 1 aromatic carbocycles. The van der Waals surface area contributed by atoms with E-state index in [0.717, 1.165) is 0 Å². The van der Waals surface area contributed by atoms with Gasteiger partial charge in [-0.25, -0.2) is 9.18 Å². The molecule has 1 atom stereocenters. The number of para-hydroxylation sites is 1. The molecule has 1 saturated heterocycles. The first-order valence-corrected chi connectivity index (χ1v) is 4.98. The molecule has 1 aliphatic heterocycles. The Kier molecular flexibility index (Phi) is 2.78. The summed E-state index contributed by atoms with van der Waals surface area (Å²) in [6.07, 6.45) is 0.330. The van der Waals surface area contributed by atoms with Crippen LogP contribution >= 0.6 is 0 Å². The largest absolute Gasteiger partial charge is 0.479 e. The predicted molar refractivity (Wildman–Crippen MR) is 55.8 cm³/mol. The average Bonchev–Trinajstić information content (AvgIpc) is 2.71. The third-order valence-corrected chi connectivity index (χ3v) is 2.68. The number of halogens is 1. The molecule has 1 aromatic rings. The minimum Gasteiger partial charge on any atom is -0.479 e. The summed E-state index contributed by atoms with van der Waals surface area (Å²) < 4.78 is 18.4. The second-order valence-electron chi connectivity index (χ2n) is 3.79. The van der Waals surface area contributed by atoms with E-state index >= 15 is 0 Å². The van der Waals surface area contributed by atoms with Crippen LogP contribution in [0.3, 0.4) is 0 Å². The first kappa shape index (κ1) is 10.9. The summed E-state index contributed by atoms with van der Waals surface area (Å²) in [5.74, 6) is -1.48. The summed E-state index contributed by atoms with van der Waals surface area (Å²) in [5, 5.41) is 11.9. The lowest BCUT2D eigenvalue weighted by atomic mass is 9.98. The van der Waals surface area contributed by atoms with Crippen molar-refractivity contribution in [3.05, 3.63) is 30.1 Å². The van der Waals surface area contributed by atoms with Crippen LogP contribution < -0.4 is 5.32 Å². The Balaban J connectivity index is 2.25. The smallest absolute Gasteiger partial charge is 0.331 e. The minimum absolute atomic E-state index is 0.0522. The third kappa shape index (κ3) is 1.86. The zero-order valence-electron chi connectivity index (χ0n) is 8.57. The van der Waals surface area contributed by atoms with Crippen LogP contribution in [0.1, 0.15) is 6.42 Å². The van der Waals surface area contributed by atoms with Gasteiger partial charge in [-0.15, -0.1) is 0 Å². The molecule has 0 saturated carbocycles. The van der Waals surface area contributed by atoms with Crippen LogP contribution in [0, 0.1) is 5.82 Å². The lowest BCUT2D eigenvalue weighted by molar-refractivity contribution is -0.142. The molecule has 0 aromatic heterocycles. The van der Waals surface area contributed by atoms with Gasteiger partial charge in [-0.2, -0.15) is 0 Å². The van der Waals surface area contributed by atoms with Gasteiger partial charge in [-0.3, -0.25) is 0 Å². The van der Waals surface area contributed by atoms with Gasteiger partial charge in [0.15, 0.2) is 5.54 Å². The highest BCUT2D eigenvalue weighted by Crippen LogP contribution is 2.26. The first-order valence-electron chi connectivity index (χ1n) is 4.98. The normalized spacial score (nSPS) is 24.3. The van der Waals surface area contributed by atoms with E-state index in [1.54, 1.807) is 12.1 Å². The van der Waals surface area contributed by atoms with Crippen molar-refractivity contribution in [3.8, 4) is 0 Å². The molecular weight excluding hydrogens is 213 g/mol. The third-order valence-electron chi connectivity index (χ3n) is 2.68. The van der Waals surface area contributed by atoms with Crippen molar-refractivity contribution in [3.63, 3.8) is 0 Å². The molecular formula is C11H12FNO3. The van der Waals surface area contributed by atoms with E-state index < -0.39 is 17.3 Å². The zero-order chi connectivity index (χ0) is 11.6. The molecule has 1 heterocycles. The molecule has 2 N–H and O–H groups in total. The maximum atomic E-state index is 13.4. The van der Waals surface area contributed by atoms with Gasteiger partial charge in [0, 0.05) is 13.0 Å². The summed E-state index contributed by atoms with van der Waals surface area (Å²) in [4.78, 5) is 11.2. The fraction of sp³-hybridized carbons (Fsp3) is 0.364. The summed E-state index contributed by atoms with van der Waals surface area (Å²) in [7, 11) is 0. The van der Waals surface area contributed by atoms with E-state index in [4.69, 9.17) is 9.84 Å². The molecule has 86 valence electrons. The SMILES string of the molecule is O=C(O)C1(Nc2ccccc2F)CCOC1. The number of rotatable bonds is 3. The number of carboxylic acid groups (broad SMARTS) is 1. The van der Waals surface area contributed by atoms with E-state index in [1.807, 2.05) is 0 Å². The Hall–Kier alpha value is -1.62. The number of ether oxygens (including phenoxy) is 1. The van der Waals surface area contributed by atoms with Gasteiger partial charge in [0.2, 0.25) is 0 Å². The molecule has 0 aliphatic carbocycles. The molecule has 1 unspecified atom stereocenters. The van der Waals surface area contributed by atoms with Gasteiger partial charge in [-0.1, -0.05) is 12.1 Å². The topological polar surface area (TPSA) is 58.6 Å². The van der Waals surface area contributed by atoms with Gasteiger partial charge in [-0.05, 0) is 12.1 Å². The van der Waals surface area contributed by atoms with Gasteiger partial charge in [0.1, 0.15) is 5.82 Å². The molecule has 5 heteroatoms. The second kappa shape index (κ2) is 4.09. The average molecular weight is 225 g/mol. The molecule has 16 heavy (non-hydrogen) atoms. The number of anilines is 1. The lowest BCUT2D eigenvalue weighted by Gasteiger charge is -2.25. The van der Waals surface area contributed by atoms with Gasteiger partial charge in [0.25, 0.3) is 0 Å². The lowest BCUT2D eigenvalue weighted by Crippen LogP contribution is -2.47. The van der Waals surface area contributed by atoms with E-state index in [9.17, 15) is 9.18 Å². The molecule has 1 aliphatic rings. The molecule has 0 spiro atoms. The van der Waals surface area contributed by atoms with Crippen LogP contribution in [0.25, 0.3) is 0 Å². The number of aliphatic carboxylic acids is 1. The Bertz CT molecular complexity index is 402. The van der Waals surface area contributed by atoms with Crippen LogP contribution in [-0.4, -0.2) is 29.8 Å². The number of benzene rings is 1. The van der Waals surface area contributed by atoms with E-state index in [0.29, 0.717) is 13.0 Å². The van der Waals surface area contributed by atoms with Crippen molar-refractivity contribution in [1.82, 2.24) is 0 Å². The zero-order valence-corrected chi connectivity index (χ0v) is 8.57. The second-order valence-corrected chi connectivity index (χ2v) is 3.79. The maximum absolute atomic E-state index is 13.4. The van der Waals surface area contributed by atoms with Crippen molar-refractivity contribution in [2.45, 2.75) is 12.0 Å². The number of hydrogen-bond donors (Lipinski definition) is 2. The highest BCUT2D eigenvalue weighted by Gasteiger charge is 2.42. The molecule has 2 rings (SSSR count). The highest BCUT2D eigenvalue weighted by atomic mass is 19.1. The number of carboxylic acids is 1. The molecule has 4 nitrogen and oxygen atoms in total. The number of hydrogen-bond acceptors (Lipinski definition) is 3. The van der Waals surface area contributed by atoms with Gasteiger partial charge >= 0.3 is 5.97 Å². The molecule has 0 amide bonds. The summed E-state index contributed by atoms with van der Waals surface area (Å²) in [6, 6.07) is 6.00. The Morgan fingerprint density at radius 2 is 2.25 bits per heavy atom. The summed E-state index contributed by atoms with van der Waals surface area (Å²) >= 11 is 0. The van der Waals surface area contributed by atoms with E-state index in [1.165, 1.54) is 12.1 Å². The van der Waals surface area contributed by atoms with Crippen LogP contribution in [0.15, 0.2) is 24.3 Å².